The van der Waals surface area contributed by atoms with Gasteiger partial charge < -0.3 is 5.32 Å². The van der Waals surface area contributed by atoms with E-state index in [0.29, 0.717) is 6.04 Å². The van der Waals surface area contributed by atoms with Gasteiger partial charge >= 0.3 is 0 Å². The number of nitrogens with zero attached hydrogens (tertiary/aromatic N) is 4. The lowest BCUT2D eigenvalue weighted by atomic mass is 10.1. The van der Waals surface area contributed by atoms with E-state index in [4.69, 9.17) is 0 Å². The smallest absolute Gasteiger partial charge is 0.162 e. The molecule has 2 aromatic rings. The van der Waals surface area contributed by atoms with Gasteiger partial charge in [-0.2, -0.15) is 5.10 Å². The van der Waals surface area contributed by atoms with Crippen LogP contribution in [-0.4, -0.2) is 32.8 Å². The molecule has 0 radical (unpaired) electrons. The summed E-state index contributed by atoms with van der Waals surface area (Å²) in [6, 6.07) is 2.33. The number of aromatic nitrogens is 4. The number of piperidine rings is 1. The molecule has 0 spiro atoms. The van der Waals surface area contributed by atoms with Crippen LogP contribution < -0.4 is 5.32 Å². The molecule has 0 bridgehead atoms. The molecule has 5 heteroatoms. The van der Waals surface area contributed by atoms with Gasteiger partial charge in [0.05, 0.1) is 17.8 Å². The molecule has 1 aliphatic rings. The molecule has 3 rings (SSSR count). The van der Waals surface area contributed by atoms with Crippen LogP contribution >= 0.6 is 0 Å². The number of hydrogen-bond acceptors (Lipinski definition) is 4. The molecule has 0 unspecified atom stereocenters. The molecule has 3 heterocycles. The molecule has 0 amide bonds. The Bertz CT molecular complexity index is 473. The molecule has 1 saturated heterocycles. The molecule has 0 atom stereocenters. The van der Waals surface area contributed by atoms with Crippen molar-refractivity contribution >= 4 is 0 Å². The molecule has 0 aliphatic carbocycles. The quantitative estimate of drug-likeness (QED) is 0.842. The molecule has 5 nitrogen and oxygen atoms in total. The Balaban J connectivity index is 1.83. The first-order chi connectivity index (χ1) is 8.43. The average molecular weight is 229 g/mol. The Morgan fingerprint density at radius 1 is 1.18 bits per heavy atom. The molecule has 0 saturated carbocycles. The van der Waals surface area contributed by atoms with E-state index in [1.807, 2.05) is 23.1 Å². The fraction of sp³-hybridized carbons (Fsp3) is 0.417. The first-order valence-electron chi connectivity index (χ1n) is 5.96. The predicted octanol–water partition coefficient (Wildman–Crippen LogP) is 1.26. The normalized spacial score (nSPS) is 17.2. The summed E-state index contributed by atoms with van der Waals surface area (Å²) < 4.78 is 2.05. The summed E-state index contributed by atoms with van der Waals surface area (Å²) in [5, 5.41) is 7.78. The Kier molecular flexibility index (Phi) is 2.83. The summed E-state index contributed by atoms with van der Waals surface area (Å²) in [5.74, 6) is 0.743. The summed E-state index contributed by atoms with van der Waals surface area (Å²) in [5.41, 5.74) is 0.990. The monoisotopic (exact) mass is 229 g/mol. The minimum Gasteiger partial charge on any atom is -0.317 e. The van der Waals surface area contributed by atoms with E-state index >= 15 is 0 Å². The van der Waals surface area contributed by atoms with Crippen LogP contribution in [0.2, 0.25) is 0 Å². The predicted molar refractivity (Wildman–Crippen MR) is 64.4 cm³/mol. The molecule has 1 aliphatic heterocycles. The summed E-state index contributed by atoms with van der Waals surface area (Å²) in [6.45, 7) is 2.14. The van der Waals surface area contributed by atoms with Crippen molar-refractivity contribution < 1.29 is 0 Å². The van der Waals surface area contributed by atoms with Gasteiger partial charge in [-0.3, -0.25) is 4.68 Å². The van der Waals surface area contributed by atoms with Crippen LogP contribution in [0.5, 0.6) is 0 Å². The Morgan fingerprint density at radius 2 is 1.94 bits per heavy atom. The van der Waals surface area contributed by atoms with Crippen molar-refractivity contribution in [2.75, 3.05) is 13.1 Å². The van der Waals surface area contributed by atoms with Crippen molar-refractivity contribution in [1.29, 1.82) is 0 Å². The molecular formula is C12H15N5. The molecule has 88 valence electrons. The average Bonchev–Trinajstić information content (AvgIpc) is 2.90. The highest BCUT2D eigenvalue weighted by atomic mass is 15.3. The maximum Gasteiger partial charge on any atom is 0.162 e. The first-order valence-corrected chi connectivity index (χ1v) is 5.96. The van der Waals surface area contributed by atoms with Gasteiger partial charge in [-0.05, 0) is 32.0 Å². The van der Waals surface area contributed by atoms with Gasteiger partial charge in [0.2, 0.25) is 0 Å². The molecule has 17 heavy (non-hydrogen) atoms. The van der Waals surface area contributed by atoms with E-state index in [1.54, 1.807) is 12.4 Å². The summed E-state index contributed by atoms with van der Waals surface area (Å²) in [6.07, 6.45) is 9.67. The van der Waals surface area contributed by atoms with E-state index < -0.39 is 0 Å². The van der Waals surface area contributed by atoms with Gasteiger partial charge in [-0.25, -0.2) is 9.97 Å². The van der Waals surface area contributed by atoms with Gasteiger partial charge in [0, 0.05) is 18.6 Å². The SMILES string of the molecule is c1cnc(-c2cnn(C3CCNCC3)c2)nc1. The van der Waals surface area contributed by atoms with Crippen molar-refractivity contribution in [3.8, 4) is 11.4 Å². The van der Waals surface area contributed by atoms with Crippen LogP contribution in [0.15, 0.2) is 30.9 Å². The van der Waals surface area contributed by atoms with Gasteiger partial charge in [0.25, 0.3) is 0 Å². The molecule has 2 aromatic heterocycles. The highest BCUT2D eigenvalue weighted by molar-refractivity contribution is 5.51. The topological polar surface area (TPSA) is 55.6 Å². The number of rotatable bonds is 2. The highest BCUT2D eigenvalue weighted by Crippen LogP contribution is 2.20. The van der Waals surface area contributed by atoms with Crippen LogP contribution in [0, 0.1) is 0 Å². The third-order valence-electron chi connectivity index (χ3n) is 3.11. The fourth-order valence-electron chi connectivity index (χ4n) is 2.17. The van der Waals surface area contributed by atoms with Crippen molar-refractivity contribution in [2.45, 2.75) is 18.9 Å². The third kappa shape index (κ3) is 2.19. The Labute approximate surface area is 99.9 Å². The van der Waals surface area contributed by atoms with E-state index in [2.05, 4.69) is 20.4 Å². The van der Waals surface area contributed by atoms with Gasteiger partial charge in [-0.1, -0.05) is 0 Å². The van der Waals surface area contributed by atoms with E-state index in [0.717, 1.165) is 37.3 Å². The van der Waals surface area contributed by atoms with Crippen LogP contribution in [0.25, 0.3) is 11.4 Å². The lowest BCUT2D eigenvalue weighted by Gasteiger charge is -2.22. The van der Waals surface area contributed by atoms with Gasteiger partial charge in [0.1, 0.15) is 0 Å². The maximum absolute atomic E-state index is 4.43. The minimum atomic E-state index is 0.508. The fourth-order valence-corrected chi connectivity index (χ4v) is 2.17. The standard InChI is InChI=1S/C12H15N5/c1-4-14-12(15-5-1)10-8-16-17(9-10)11-2-6-13-7-3-11/h1,4-5,8-9,11,13H,2-3,6-7H2. The van der Waals surface area contributed by atoms with E-state index in [1.165, 1.54) is 0 Å². The highest BCUT2D eigenvalue weighted by Gasteiger charge is 2.16. The molecule has 1 fully saturated rings. The van der Waals surface area contributed by atoms with Crippen molar-refractivity contribution in [3.05, 3.63) is 30.9 Å². The summed E-state index contributed by atoms with van der Waals surface area (Å²) in [7, 11) is 0. The zero-order valence-electron chi connectivity index (χ0n) is 9.58. The first kappa shape index (κ1) is 10.4. The van der Waals surface area contributed by atoms with Crippen LogP contribution in [0.3, 0.4) is 0 Å². The molecule has 1 N–H and O–H groups in total. The zero-order valence-corrected chi connectivity index (χ0v) is 9.58. The van der Waals surface area contributed by atoms with Gasteiger partial charge in [-0.15, -0.1) is 0 Å². The van der Waals surface area contributed by atoms with Crippen LogP contribution in [0.1, 0.15) is 18.9 Å². The largest absolute Gasteiger partial charge is 0.317 e. The van der Waals surface area contributed by atoms with Crippen molar-refractivity contribution in [1.82, 2.24) is 25.1 Å². The van der Waals surface area contributed by atoms with E-state index in [-0.39, 0.29) is 0 Å². The summed E-state index contributed by atoms with van der Waals surface area (Å²) >= 11 is 0. The Morgan fingerprint density at radius 3 is 2.71 bits per heavy atom. The van der Waals surface area contributed by atoms with Crippen LogP contribution in [-0.2, 0) is 0 Å². The van der Waals surface area contributed by atoms with Crippen molar-refractivity contribution in [2.24, 2.45) is 0 Å². The lowest BCUT2D eigenvalue weighted by molar-refractivity contribution is 0.343. The molecule has 0 aromatic carbocycles. The second-order valence-corrected chi connectivity index (χ2v) is 4.26. The van der Waals surface area contributed by atoms with E-state index in [9.17, 15) is 0 Å². The second-order valence-electron chi connectivity index (χ2n) is 4.26. The van der Waals surface area contributed by atoms with Gasteiger partial charge in [0.15, 0.2) is 5.82 Å². The third-order valence-corrected chi connectivity index (χ3v) is 3.11. The Hall–Kier alpha value is -1.75. The summed E-state index contributed by atoms with van der Waals surface area (Å²) in [4.78, 5) is 8.46. The number of nitrogens with one attached hydrogen (secondary N) is 1. The minimum absolute atomic E-state index is 0.508. The van der Waals surface area contributed by atoms with Crippen molar-refractivity contribution in [3.63, 3.8) is 0 Å². The molecular weight excluding hydrogens is 214 g/mol. The number of hydrogen-bond donors (Lipinski definition) is 1. The maximum atomic E-state index is 4.43. The second kappa shape index (κ2) is 4.63. The van der Waals surface area contributed by atoms with Crippen LogP contribution in [0.4, 0.5) is 0 Å². The lowest BCUT2D eigenvalue weighted by Crippen LogP contribution is -2.29. The zero-order chi connectivity index (χ0) is 11.5.